The maximum Gasteiger partial charge on any atom is 0.186 e. The van der Waals surface area contributed by atoms with Crippen LogP contribution in [0, 0.1) is 0 Å². The molecule has 0 spiro atoms. The second-order valence-corrected chi connectivity index (χ2v) is 4.43. The Kier molecular flexibility index (Phi) is 1.77. The van der Waals surface area contributed by atoms with Gasteiger partial charge in [0.05, 0.1) is 6.20 Å². The van der Waals surface area contributed by atoms with Gasteiger partial charge in [-0.25, -0.2) is 4.98 Å². The van der Waals surface area contributed by atoms with Crippen molar-refractivity contribution in [2.75, 3.05) is 11.9 Å². The van der Waals surface area contributed by atoms with E-state index in [-0.39, 0.29) is 0 Å². The molecule has 0 saturated heterocycles. The third-order valence-electron chi connectivity index (χ3n) is 1.86. The average Bonchev–Trinajstić information content (AvgIpc) is 2.74. The molecule has 1 heterocycles. The van der Waals surface area contributed by atoms with Crippen molar-refractivity contribution in [2.24, 2.45) is 0 Å². The Morgan fingerprint density at radius 3 is 2.91 bits per heavy atom. The molecule has 11 heavy (non-hydrogen) atoms. The van der Waals surface area contributed by atoms with Crippen molar-refractivity contribution in [1.29, 1.82) is 0 Å². The summed E-state index contributed by atoms with van der Waals surface area (Å²) in [6, 6.07) is 0.720. The van der Waals surface area contributed by atoms with Gasteiger partial charge in [0.25, 0.3) is 0 Å². The first kappa shape index (κ1) is 7.37. The number of hydrogen-bond acceptors (Lipinski definition) is 3. The van der Waals surface area contributed by atoms with Gasteiger partial charge in [-0.05, 0) is 12.8 Å². The van der Waals surface area contributed by atoms with Crippen LogP contribution in [-0.4, -0.2) is 18.1 Å². The standard InChI is InChI=1S/C7H9ClN2S/c1-10(5-2-3-5)7-9-4-6(8)11-7/h4-5H,2-3H2,1H3. The fourth-order valence-electron chi connectivity index (χ4n) is 1.03. The fourth-order valence-corrected chi connectivity index (χ4v) is 1.96. The van der Waals surface area contributed by atoms with Gasteiger partial charge in [-0.2, -0.15) is 0 Å². The van der Waals surface area contributed by atoms with Gasteiger partial charge >= 0.3 is 0 Å². The van der Waals surface area contributed by atoms with E-state index < -0.39 is 0 Å². The molecule has 0 bridgehead atoms. The molecule has 2 rings (SSSR count). The first-order valence-electron chi connectivity index (χ1n) is 3.61. The number of thiazole rings is 1. The van der Waals surface area contributed by atoms with E-state index in [0.29, 0.717) is 0 Å². The predicted octanol–water partition coefficient (Wildman–Crippen LogP) is 2.40. The largest absolute Gasteiger partial charge is 0.348 e. The van der Waals surface area contributed by atoms with Crippen LogP contribution >= 0.6 is 22.9 Å². The summed E-state index contributed by atoms with van der Waals surface area (Å²) in [5.41, 5.74) is 0. The topological polar surface area (TPSA) is 16.1 Å². The highest BCUT2D eigenvalue weighted by molar-refractivity contribution is 7.19. The van der Waals surface area contributed by atoms with E-state index in [4.69, 9.17) is 11.6 Å². The first-order chi connectivity index (χ1) is 5.27. The van der Waals surface area contributed by atoms with Crippen LogP contribution in [0.5, 0.6) is 0 Å². The molecule has 60 valence electrons. The highest BCUT2D eigenvalue weighted by Crippen LogP contribution is 2.33. The zero-order valence-corrected chi connectivity index (χ0v) is 7.82. The zero-order chi connectivity index (χ0) is 7.84. The van der Waals surface area contributed by atoms with Crippen LogP contribution in [0.1, 0.15) is 12.8 Å². The lowest BCUT2D eigenvalue weighted by molar-refractivity contribution is 0.909. The van der Waals surface area contributed by atoms with Crippen LogP contribution in [0.4, 0.5) is 5.13 Å². The summed E-state index contributed by atoms with van der Waals surface area (Å²) in [6.45, 7) is 0. The minimum absolute atomic E-state index is 0.720. The number of hydrogen-bond donors (Lipinski definition) is 0. The van der Waals surface area contributed by atoms with Crippen LogP contribution in [0.25, 0.3) is 0 Å². The summed E-state index contributed by atoms with van der Waals surface area (Å²) in [4.78, 5) is 6.39. The summed E-state index contributed by atoms with van der Waals surface area (Å²) in [7, 11) is 2.08. The molecule has 0 aliphatic heterocycles. The Morgan fingerprint density at radius 1 is 1.73 bits per heavy atom. The monoisotopic (exact) mass is 188 g/mol. The third kappa shape index (κ3) is 1.49. The second kappa shape index (κ2) is 2.64. The van der Waals surface area contributed by atoms with Crippen LogP contribution in [-0.2, 0) is 0 Å². The van der Waals surface area contributed by atoms with E-state index in [0.717, 1.165) is 15.5 Å². The summed E-state index contributed by atoms with van der Waals surface area (Å²) in [5, 5.41) is 1.04. The van der Waals surface area contributed by atoms with E-state index in [1.54, 1.807) is 17.5 Å². The molecular formula is C7H9ClN2S. The van der Waals surface area contributed by atoms with E-state index in [1.165, 1.54) is 12.8 Å². The molecule has 1 aromatic heterocycles. The molecule has 1 aliphatic carbocycles. The lowest BCUT2D eigenvalue weighted by Gasteiger charge is -2.13. The maximum absolute atomic E-state index is 5.76. The molecule has 0 unspecified atom stereocenters. The molecule has 0 N–H and O–H groups in total. The molecule has 0 aromatic carbocycles. The van der Waals surface area contributed by atoms with Crippen LogP contribution in [0.2, 0.25) is 4.34 Å². The van der Waals surface area contributed by atoms with E-state index in [9.17, 15) is 0 Å². The molecule has 1 aromatic rings. The average molecular weight is 189 g/mol. The van der Waals surface area contributed by atoms with Gasteiger partial charge in [0.15, 0.2) is 5.13 Å². The Balaban J connectivity index is 2.14. The van der Waals surface area contributed by atoms with Crippen molar-refractivity contribution in [1.82, 2.24) is 4.98 Å². The van der Waals surface area contributed by atoms with Crippen molar-refractivity contribution < 1.29 is 0 Å². The number of halogens is 1. The zero-order valence-electron chi connectivity index (χ0n) is 6.25. The number of anilines is 1. The number of rotatable bonds is 2. The molecule has 0 atom stereocenters. The van der Waals surface area contributed by atoms with Gasteiger partial charge in [0, 0.05) is 13.1 Å². The Bertz CT molecular complexity index is 257. The van der Waals surface area contributed by atoms with Crippen LogP contribution < -0.4 is 4.90 Å². The molecule has 4 heteroatoms. The molecular weight excluding hydrogens is 180 g/mol. The first-order valence-corrected chi connectivity index (χ1v) is 4.81. The minimum atomic E-state index is 0.720. The van der Waals surface area contributed by atoms with Gasteiger partial charge < -0.3 is 4.90 Å². The van der Waals surface area contributed by atoms with Crippen molar-refractivity contribution in [3.8, 4) is 0 Å². The van der Waals surface area contributed by atoms with Crippen molar-refractivity contribution >= 4 is 28.1 Å². The van der Waals surface area contributed by atoms with Gasteiger partial charge in [-0.15, -0.1) is 0 Å². The maximum atomic E-state index is 5.76. The molecule has 0 radical (unpaired) electrons. The number of aromatic nitrogens is 1. The van der Waals surface area contributed by atoms with Crippen molar-refractivity contribution in [3.63, 3.8) is 0 Å². The lowest BCUT2D eigenvalue weighted by atomic mass is 10.6. The SMILES string of the molecule is CN(c1ncc(Cl)s1)C1CC1. The summed E-state index contributed by atoms with van der Waals surface area (Å²) < 4.78 is 0.771. The Morgan fingerprint density at radius 2 is 2.45 bits per heavy atom. The second-order valence-electron chi connectivity index (χ2n) is 2.79. The smallest absolute Gasteiger partial charge is 0.186 e. The fraction of sp³-hybridized carbons (Fsp3) is 0.571. The van der Waals surface area contributed by atoms with Crippen LogP contribution in [0.15, 0.2) is 6.20 Å². The predicted molar refractivity (Wildman–Crippen MR) is 48.5 cm³/mol. The van der Waals surface area contributed by atoms with Gasteiger partial charge in [0.1, 0.15) is 4.34 Å². The summed E-state index contributed by atoms with van der Waals surface area (Å²) >= 11 is 7.30. The highest BCUT2D eigenvalue weighted by Gasteiger charge is 2.27. The lowest BCUT2D eigenvalue weighted by Crippen LogP contribution is -2.18. The van der Waals surface area contributed by atoms with E-state index in [1.807, 2.05) is 0 Å². The quantitative estimate of drug-likeness (QED) is 0.709. The number of nitrogens with zero attached hydrogens (tertiary/aromatic N) is 2. The summed E-state index contributed by atoms with van der Waals surface area (Å²) in [5.74, 6) is 0. The highest BCUT2D eigenvalue weighted by atomic mass is 35.5. The van der Waals surface area contributed by atoms with Gasteiger partial charge in [-0.1, -0.05) is 22.9 Å². The third-order valence-corrected chi connectivity index (χ3v) is 3.07. The molecule has 2 nitrogen and oxygen atoms in total. The van der Waals surface area contributed by atoms with E-state index >= 15 is 0 Å². The van der Waals surface area contributed by atoms with Gasteiger partial charge in [0.2, 0.25) is 0 Å². The summed E-state index contributed by atoms with van der Waals surface area (Å²) in [6.07, 6.45) is 4.31. The van der Waals surface area contributed by atoms with Crippen LogP contribution in [0.3, 0.4) is 0 Å². The minimum Gasteiger partial charge on any atom is -0.348 e. The molecule has 1 fully saturated rings. The molecule has 0 amide bonds. The van der Waals surface area contributed by atoms with Crippen molar-refractivity contribution in [3.05, 3.63) is 10.5 Å². The normalized spacial score (nSPS) is 16.9. The Hall–Kier alpha value is -0.280. The van der Waals surface area contributed by atoms with Crippen molar-refractivity contribution in [2.45, 2.75) is 18.9 Å². The van der Waals surface area contributed by atoms with Gasteiger partial charge in [-0.3, -0.25) is 0 Å². The Labute approximate surface area is 74.8 Å². The molecule has 1 saturated carbocycles. The van der Waals surface area contributed by atoms with E-state index in [2.05, 4.69) is 16.9 Å². The molecule has 1 aliphatic rings.